The fourth-order valence-corrected chi connectivity index (χ4v) is 8.71. The summed E-state index contributed by atoms with van der Waals surface area (Å²) < 4.78 is -0.894. The van der Waals surface area contributed by atoms with E-state index in [1.807, 2.05) is 37.3 Å². The molecule has 0 saturated carbocycles. The van der Waals surface area contributed by atoms with Crippen LogP contribution in [0.2, 0.25) is 0 Å². The molecule has 0 aromatic heterocycles. The van der Waals surface area contributed by atoms with Gasteiger partial charge < -0.3 is 20.6 Å². The summed E-state index contributed by atoms with van der Waals surface area (Å²) in [5.41, 5.74) is 1.02. The number of aliphatic hydroxyl groups is 1. The lowest BCUT2D eigenvalue weighted by molar-refractivity contribution is -0.140. The number of hydrogen-bond acceptors (Lipinski definition) is 5. The van der Waals surface area contributed by atoms with Crippen molar-refractivity contribution in [3.8, 4) is 0 Å². The lowest BCUT2D eigenvalue weighted by atomic mass is 9.66. The molecule has 3 amide bonds. The molecule has 1 aromatic rings. The molecular formula is C27H39N3O4S. The first kappa shape index (κ1) is 26.0. The van der Waals surface area contributed by atoms with Crippen molar-refractivity contribution in [3.63, 3.8) is 0 Å². The highest BCUT2D eigenvalue weighted by Crippen LogP contribution is 2.71. The molecule has 2 unspecified atom stereocenters. The predicted octanol–water partition coefficient (Wildman–Crippen LogP) is 2.86. The van der Waals surface area contributed by atoms with Crippen molar-refractivity contribution in [2.75, 3.05) is 19.7 Å². The van der Waals surface area contributed by atoms with Gasteiger partial charge in [-0.25, -0.2) is 0 Å². The van der Waals surface area contributed by atoms with Crippen LogP contribution < -0.4 is 10.6 Å². The summed E-state index contributed by atoms with van der Waals surface area (Å²) in [5.74, 6) is -1.09. The van der Waals surface area contributed by atoms with Crippen molar-refractivity contribution < 1.29 is 19.5 Å². The molecule has 7 nitrogen and oxygen atoms in total. The Morgan fingerprint density at radius 3 is 2.54 bits per heavy atom. The van der Waals surface area contributed by atoms with E-state index in [0.29, 0.717) is 19.6 Å². The zero-order chi connectivity index (χ0) is 25.1. The SMILES string of the molecule is CCCNC(=O)[C@@H]1[C@H]2C(=O)N(CCCCCCO)C(C(=O)NCc3ccccc3)C23CC[C@@]1(C)S3. The van der Waals surface area contributed by atoms with Gasteiger partial charge in [-0.2, -0.15) is 0 Å². The topological polar surface area (TPSA) is 98.7 Å². The van der Waals surface area contributed by atoms with Gasteiger partial charge in [-0.05, 0) is 44.6 Å². The largest absolute Gasteiger partial charge is 0.396 e. The number of nitrogens with one attached hydrogen (secondary N) is 2. The highest BCUT2D eigenvalue weighted by molar-refractivity contribution is 8.02. The molecule has 0 aliphatic carbocycles. The average Bonchev–Trinajstić information content (AvgIpc) is 3.42. The monoisotopic (exact) mass is 501 g/mol. The average molecular weight is 502 g/mol. The van der Waals surface area contributed by atoms with Crippen molar-refractivity contribution in [2.45, 2.75) is 80.9 Å². The van der Waals surface area contributed by atoms with Crippen LogP contribution in [0.15, 0.2) is 30.3 Å². The fourth-order valence-electron chi connectivity index (χ4n) is 6.36. The van der Waals surface area contributed by atoms with Gasteiger partial charge in [0.05, 0.1) is 16.6 Å². The fraction of sp³-hybridized carbons (Fsp3) is 0.667. The number of thioether (sulfide) groups is 1. The Bertz CT molecular complexity index is 928. The molecule has 1 aromatic carbocycles. The number of likely N-dealkylation sites (tertiary alicyclic amines) is 1. The van der Waals surface area contributed by atoms with Crippen LogP contribution in [-0.2, 0) is 20.9 Å². The number of amides is 3. The molecule has 3 N–H and O–H groups in total. The molecule has 3 heterocycles. The number of carbonyl (C=O) groups excluding carboxylic acids is 3. The molecule has 0 radical (unpaired) electrons. The normalized spacial score (nSPS) is 31.0. The van der Waals surface area contributed by atoms with Crippen LogP contribution in [0.1, 0.15) is 64.4 Å². The maximum Gasteiger partial charge on any atom is 0.244 e. The molecule has 3 aliphatic heterocycles. The maximum absolute atomic E-state index is 13.9. The van der Waals surface area contributed by atoms with E-state index in [-0.39, 0.29) is 29.1 Å². The van der Waals surface area contributed by atoms with Crippen LogP contribution in [0.3, 0.4) is 0 Å². The van der Waals surface area contributed by atoms with Crippen LogP contribution in [0.25, 0.3) is 0 Å². The summed E-state index contributed by atoms with van der Waals surface area (Å²) >= 11 is 1.72. The van der Waals surface area contributed by atoms with E-state index < -0.39 is 22.6 Å². The van der Waals surface area contributed by atoms with Crippen molar-refractivity contribution >= 4 is 29.5 Å². The first-order chi connectivity index (χ1) is 16.9. The summed E-state index contributed by atoms with van der Waals surface area (Å²) in [6.07, 6.45) is 5.76. The zero-order valence-corrected chi connectivity index (χ0v) is 21.7. The molecule has 3 fully saturated rings. The minimum Gasteiger partial charge on any atom is -0.396 e. The Labute approximate surface area is 212 Å². The van der Waals surface area contributed by atoms with Crippen molar-refractivity contribution in [1.82, 2.24) is 15.5 Å². The van der Waals surface area contributed by atoms with Crippen LogP contribution in [0, 0.1) is 11.8 Å². The van der Waals surface area contributed by atoms with Gasteiger partial charge in [0.1, 0.15) is 6.04 Å². The molecule has 3 saturated heterocycles. The van der Waals surface area contributed by atoms with Crippen LogP contribution in [-0.4, -0.2) is 63.0 Å². The minimum atomic E-state index is -0.572. The second kappa shape index (κ2) is 10.9. The van der Waals surface area contributed by atoms with Crippen molar-refractivity contribution in [1.29, 1.82) is 0 Å². The van der Waals surface area contributed by atoms with Gasteiger partial charge in [-0.3, -0.25) is 14.4 Å². The lowest BCUT2D eigenvalue weighted by Gasteiger charge is -2.34. The van der Waals surface area contributed by atoms with E-state index in [1.54, 1.807) is 16.7 Å². The number of carbonyl (C=O) groups is 3. The van der Waals surface area contributed by atoms with Gasteiger partial charge in [0.15, 0.2) is 0 Å². The van der Waals surface area contributed by atoms with Crippen molar-refractivity contribution in [2.24, 2.45) is 11.8 Å². The third-order valence-electron chi connectivity index (χ3n) is 7.97. The van der Waals surface area contributed by atoms with Gasteiger partial charge in [-0.15, -0.1) is 11.8 Å². The second-order valence-electron chi connectivity index (χ2n) is 10.4. The summed E-state index contributed by atoms with van der Waals surface area (Å²) in [7, 11) is 0. The molecule has 192 valence electrons. The number of benzene rings is 1. The number of fused-ring (bicyclic) bond motifs is 1. The molecule has 2 bridgehead atoms. The van der Waals surface area contributed by atoms with Gasteiger partial charge in [0.25, 0.3) is 0 Å². The van der Waals surface area contributed by atoms with E-state index >= 15 is 0 Å². The Morgan fingerprint density at radius 1 is 1.09 bits per heavy atom. The Hall–Kier alpha value is -2.06. The quantitative estimate of drug-likeness (QED) is 0.383. The van der Waals surface area contributed by atoms with Gasteiger partial charge >= 0.3 is 0 Å². The van der Waals surface area contributed by atoms with Gasteiger partial charge in [-0.1, -0.05) is 50.1 Å². The van der Waals surface area contributed by atoms with Crippen LogP contribution in [0.5, 0.6) is 0 Å². The molecule has 35 heavy (non-hydrogen) atoms. The molecule has 4 rings (SSSR count). The number of aliphatic hydroxyl groups excluding tert-OH is 1. The molecule has 1 spiro atoms. The predicted molar refractivity (Wildman–Crippen MR) is 138 cm³/mol. The second-order valence-corrected chi connectivity index (χ2v) is 12.3. The van der Waals surface area contributed by atoms with E-state index in [1.165, 1.54) is 0 Å². The molecule has 5 atom stereocenters. The summed E-state index contributed by atoms with van der Waals surface area (Å²) in [6, 6.07) is 9.22. The number of rotatable bonds is 12. The first-order valence-electron chi connectivity index (χ1n) is 13.1. The number of hydrogen-bond donors (Lipinski definition) is 3. The lowest BCUT2D eigenvalue weighted by Crippen LogP contribution is -2.53. The van der Waals surface area contributed by atoms with Gasteiger partial charge in [0.2, 0.25) is 17.7 Å². The Kier molecular flexibility index (Phi) is 8.11. The van der Waals surface area contributed by atoms with E-state index in [4.69, 9.17) is 5.11 Å². The third-order valence-corrected chi connectivity index (χ3v) is 9.96. The van der Waals surface area contributed by atoms with E-state index in [9.17, 15) is 14.4 Å². The summed E-state index contributed by atoms with van der Waals surface area (Å²) in [5, 5.41) is 15.2. The Morgan fingerprint density at radius 2 is 1.83 bits per heavy atom. The van der Waals surface area contributed by atoms with Crippen molar-refractivity contribution in [3.05, 3.63) is 35.9 Å². The minimum absolute atomic E-state index is 0.0420. The first-order valence-corrected chi connectivity index (χ1v) is 13.9. The van der Waals surface area contributed by atoms with Crippen LogP contribution >= 0.6 is 11.8 Å². The highest BCUT2D eigenvalue weighted by atomic mass is 32.2. The molecule has 3 aliphatic rings. The zero-order valence-electron chi connectivity index (χ0n) is 20.9. The maximum atomic E-state index is 13.9. The standard InChI is InChI=1S/C27H39N3O4S/c1-3-15-28-23(32)20-21-25(34)30(16-9-4-5-10-17-31)22(27(21)14-13-26(20,2)35-27)24(33)29-18-19-11-7-6-8-12-19/h6-8,11-12,20-22,31H,3-5,9-10,13-18H2,1-2H3,(H,28,32)(H,29,33)/t20-,21-,22?,26+,27?/m0/s1. The van der Waals surface area contributed by atoms with E-state index in [0.717, 1.165) is 50.5 Å². The van der Waals surface area contributed by atoms with Gasteiger partial charge in [0, 0.05) is 31.0 Å². The number of unbranched alkanes of at least 4 members (excludes halogenated alkanes) is 3. The molecular weight excluding hydrogens is 462 g/mol. The highest BCUT2D eigenvalue weighted by Gasteiger charge is 2.76. The van der Waals surface area contributed by atoms with E-state index in [2.05, 4.69) is 17.6 Å². The third kappa shape index (κ3) is 4.84. The Balaban J connectivity index is 1.59. The van der Waals surface area contributed by atoms with Crippen LogP contribution in [0.4, 0.5) is 0 Å². The molecule has 8 heteroatoms. The summed E-state index contributed by atoms with van der Waals surface area (Å²) in [6.45, 7) is 5.81. The number of nitrogens with zero attached hydrogens (tertiary/aromatic N) is 1. The smallest absolute Gasteiger partial charge is 0.244 e. The summed E-state index contributed by atoms with van der Waals surface area (Å²) in [4.78, 5) is 42.7.